The molecule has 0 spiro atoms. The van der Waals surface area contributed by atoms with Gasteiger partial charge in [-0.25, -0.2) is 0 Å². The van der Waals surface area contributed by atoms with Gasteiger partial charge in [-0.2, -0.15) is 0 Å². The summed E-state index contributed by atoms with van der Waals surface area (Å²) in [5, 5.41) is 0. The number of aryl methyl sites for hydroxylation is 2. The Bertz CT molecular complexity index is 1750. The van der Waals surface area contributed by atoms with Gasteiger partial charge < -0.3 is 9.80 Å². The zero-order valence-corrected chi connectivity index (χ0v) is 25.7. The normalized spacial score (nSPS) is 23.6. The van der Waals surface area contributed by atoms with Gasteiger partial charge in [0.25, 0.3) is 6.71 Å². The Hall–Kier alpha value is -3.46. The van der Waals surface area contributed by atoms with Crippen LogP contribution in [0.1, 0.15) is 82.6 Å². The number of hydrogen-bond donors (Lipinski definition) is 0. The molecular weight excluding hydrogens is 495 g/mol. The quantitative estimate of drug-likeness (QED) is 0.201. The van der Waals surface area contributed by atoms with Crippen LogP contribution in [0.2, 0.25) is 0 Å². The minimum Gasteiger partial charge on any atom is -0.335 e. The number of benzene rings is 4. The van der Waals surface area contributed by atoms with E-state index in [1.807, 2.05) is 0 Å². The summed E-state index contributed by atoms with van der Waals surface area (Å²) in [7, 11) is 0. The van der Waals surface area contributed by atoms with Crippen LogP contribution in [-0.4, -0.2) is 12.3 Å². The third kappa shape index (κ3) is 3.16. The number of anilines is 5. The molecule has 4 aromatic carbocycles. The fourth-order valence-corrected chi connectivity index (χ4v) is 8.93. The summed E-state index contributed by atoms with van der Waals surface area (Å²) in [6.45, 7) is 16.8. The molecule has 1 fully saturated rings. The molecule has 2 nitrogen and oxygen atoms in total. The van der Waals surface area contributed by atoms with Gasteiger partial charge in [0, 0.05) is 33.9 Å². The van der Waals surface area contributed by atoms with Crippen molar-refractivity contribution in [3.8, 4) is 0 Å². The highest BCUT2D eigenvalue weighted by Gasteiger charge is 2.61. The summed E-state index contributed by atoms with van der Waals surface area (Å²) in [5.74, 6) is 0. The van der Waals surface area contributed by atoms with Crippen molar-refractivity contribution in [1.29, 1.82) is 0 Å². The highest BCUT2D eigenvalue weighted by Crippen LogP contribution is 2.61. The lowest BCUT2D eigenvalue weighted by atomic mass is 9.33. The van der Waals surface area contributed by atoms with Crippen LogP contribution in [0, 0.1) is 13.8 Å². The van der Waals surface area contributed by atoms with Crippen LogP contribution in [0.25, 0.3) is 0 Å². The van der Waals surface area contributed by atoms with E-state index in [0.717, 1.165) is 0 Å². The van der Waals surface area contributed by atoms with Gasteiger partial charge >= 0.3 is 0 Å². The Kier molecular flexibility index (Phi) is 4.99. The Morgan fingerprint density at radius 2 is 1.46 bits per heavy atom. The second-order valence-electron chi connectivity index (χ2n) is 14.7. The van der Waals surface area contributed by atoms with Gasteiger partial charge in [0.2, 0.25) is 0 Å². The van der Waals surface area contributed by atoms with E-state index in [2.05, 4.69) is 131 Å². The lowest BCUT2D eigenvalue weighted by Gasteiger charge is -2.52. The second kappa shape index (κ2) is 8.09. The maximum atomic E-state index is 2.82. The highest BCUT2D eigenvalue weighted by atomic mass is 15.3. The molecule has 0 radical (unpaired) electrons. The molecule has 0 saturated heterocycles. The van der Waals surface area contributed by atoms with Crippen LogP contribution in [-0.2, 0) is 10.8 Å². The zero-order valence-electron chi connectivity index (χ0n) is 25.7. The maximum absolute atomic E-state index is 2.82. The lowest BCUT2D eigenvalue weighted by molar-refractivity contribution is 0.195. The largest absolute Gasteiger partial charge is 0.335 e. The van der Waals surface area contributed by atoms with Gasteiger partial charge in [-0.05, 0) is 102 Å². The third-order valence-corrected chi connectivity index (χ3v) is 11.2. The van der Waals surface area contributed by atoms with E-state index in [1.165, 1.54) is 87.2 Å². The molecule has 1 aliphatic carbocycles. The van der Waals surface area contributed by atoms with E-state index in [9.17, 15) is 0 Å². The van der Waals surface area contributed by atoms with Crippen LogP contribution < -0.4 is 26.2 Å². The Balaban J connectivity index is 1.45. The van der Waals surface area contributed by atoms with Crippen LogP contribution in [0.4, 0.5) is 28.4 Å². The standard InChI is InChI=1S/C38H41BN2/c1-24-13-18-31-30(21-24)39-29-12-10-11-28-35(29)41(38(7)20-9-8-19-37(28,38)6)33-23-25(2)22-32(34(33)39)40(31)27-16-14-26(15-17-27)36(3,4)5/h10-18,21-23H,8-9,19-20H2,1-7H3. The molecule has 41 heavy (non-hydrogen) atoms. The van der Waals surface area contributed by atoms with Crippen LogP contribution in [0.3, 0.4) is 0 Å². The van der Waals surface area contributed by atoms with E-state index in [1.54, 1.807) is 5.56 Å². The first-order valence-electron chi connectivity index (χ1n) is 15.6. The second-order valence-corrected chi connectivity index (χ2v) is 14.7. The molecular formula is C38H41BN2. The van der Waals surface area contributed by atoms with E-state index >= 15 is 0 Å². The molecule has 206 valence electrons. The van der Waals surface area contributed by atoms with Crippen molar-refractivity contribution >= 4 is 51.5 Å². The monoisotopic (exact) mass is 536 g/mol. The minimum atomic E-state index is 0.0717. The Labute approximate surface area is 246 Å². The van der Waals surface area contributed by atoms with Crippen molar-refractivity contribution in [3.63, 3.8) is 0 Å². The van der Waals surface area contributed by atoms with Gasteiger partial charge in [-0.3, -0.25) is 0 Å². The fourth-order valence-electron chi connectivity index (χ4n) is 8.93. The third-order valence-electron chi connectivity index (χ3n) is 11.2. The van der Waals surface area contributed by atoms with Gasteiger partial charge in [0.1, 0.15) is 0 Å². The summed E-state index contributed by atoms with van der Waals surface area (Å²) >= 11 is 0. The number of rotatable bonds is 1. The van der Waals surface area contributed by atoms with Crippen molar-refractivity contribution < 1.29 is 0 Å². The molecule has 3 heteroatoms. The average Bonchev–Trinajstić information content (AvgIpc) is 3.15. The van der Waals surface area contributed by atoms with Crippen molar-refractivity contribution in [2.75, 3.05) is 9.80 Å². The van der Waals surface area contributed by atoms with Gasteiger partial charge in [0.05, 0.1) is 5.54 Å². The smallest absolute Gasteiger partial charge is 0.252 e. The summed E-state index contributed by atoms with van der Waals surface area (Å²) in [6.07, 6.45) is 5.12. The average molecular weight is 537 g/mol. The SMILES string of the molecule is Cc1ccc2c(c1)B1c3cccc4c3N(c3cc(C)cc(c31)N2c1ccc(C(C)(C)C)cc1)C1(C)CCCCC41C. The van der Waals surface area contributed by atoms with Gasteiger partial charge in [-0.15, -0.1) is 0 Å². The Morgan fingerprint density at radius 1 is 0.732 bits per heavy atom. The van der Waals surface area contributed by atoms with Crippen molar-refractivity contribution in [2.24, 2.45) is 0 Å². The molecule has 4 aliphatic rings. The molecule has 2 unspecified atom stereocenters. The molecule has 2 atom stereocenters. The van der Waals surface area contributed by atoms with Crippen molar-refractivity contribution in [2.45, 2.75) is 90.5 Å². The molecule has 1 saturated carbocycles. The van der Waals surface area contributed by atoms with Crippen LogP contribution in [0.15, 0.2) is 72.8 Å². The lowest BCUT2D eigenvalue weighted by Crippen LogP contribution is -2.64. The molecule has 3 heterocycles. The van der Waals surface area contributed by atoms with Gasteiger partial charge in [0.15, 0.2) is 0 Å². The number of hydrogen-bond acceptors (Lipinski definition) is 2. The Morgan fingerprint density at radius 3 is 2.22 bits per heavy atom. The minimum absolute atomic E-state index is 0.0717. The summed E-state index contributed by atoms with van der Waals surface area (Å²) in [6, 6.07) is 28.6. The zero-order chi connectivity index (χ0) is 28.5. The molecule has 0 N–H and O–H groups in total. The van der Waals surface area contributed by atoms with E-state index in [-0.39, 0.29) is 23.1 Å². The number of para-hydroxylation sites is 1. The van der Waals surface area contributed by atoms with Crippen molar-refractivity contribution in [1.82, 2.24) is 0 Å². The highest BCUT2D eigenvalue weighted by molar-refractivity contribution is 7.00. The molecule has 0 amide bonds. The number of fused-ring (bicyclic) bond motifs is 7. The first-order chi connectivity index (χ1) is 19.5. The van der Waals surface area contributed by atoms with E-state index < -0.39 is 0 Å². The molecule has 3 aliphatic heterocycles. The molecule has 4 aromatic rings. The van der Waals surface area contributed by atoms with Crippen molar-refractivity contribution in [3.05, 3.63) is 95.1 Å². The van der Waals surface area contributed by atoms with Gasteiger partial charge in [-0.1, -0.05) is 88.6 Å². The number of nitrogens with zero attached hydrogens (tertiary/aromatic N) is 2. The molecule has 8 rings (SSSR count). The fraction of sp³-hybridized carbons (Fsp3) is 0.368. The summed E-state index contributed by atoms with van der Waals surface area (Å²) in [4.78, 5) is 5.37. The van der Waals surface area contributed by atoms with E-state index in [4.69, 9.17) is 0 Å². The van der Waals surface area contributed by atoms with E-state index in [0.29, 0.717) is 0 Å². The first kappa shape index (κ1) is 25.3. The maximum Gasteiger partial charge on any atom is 0.252 e. The summed E-state index contributed by atoms with van der Waals surface area (Å²) in [5.41, 5.74) is 17.2. The summed E-state index contributed by atoms with van der Waals surface area (Å²) < 4.78 is 0. The first-order valence-corrected chi connectivity index (χ1v) is 15.6. The van der Waals surface area contributed by atoms with Crippen LogP contribution in [0.5, 0.6) is 0 Å². The molecule has 0 bridgehead atoms. The predicted octanol–water partition coefficient (Wildman–Crippen LogP) is 7.96. The van der Waals surface area contributed by atoms with Crippen LogP contribution >= 0.6 is 0 Å². The topological polar surface area (TPSA) is 6.48 Å². The predicted molar refractivity (Wildman–Crippen MR) is 177 cm³/mol. The molecule has 0 aromatic heterocycles.